The highest BCUT2D eigenvalue weighted by Gasteiger charge is 2.30. The lowest BCUT2D eigenvalue weighted by atomic mass is 9.88. The number of hydrogen-bond donors (Lipinski definition) is 1. The smallest absolute Gasteiger partial charge is 0.161 e. The summed E-state index contributed by atoms with van der Waals surface area (Å²) in [5.74, 6) is -2.57. The van der Waals surface area contributed by atoms with Crippen LogP contribution >= 0.6 is 0 Å². The molecule has 1 aromatic carbocycles. The summed E-state index contributed by atoms with van der Waals surface area (Å²) >= 11 is 0. The summed E-state index contributed by atoms with van der Waals surface area (Å²) in [5, 5.41) is 3.26. The van der Waals surface area contributed by atoms with E-state index in [0.29, 0.717) is 6.07 Å². The molecule has 21 heavy (non-hydrogen) atoms. The van der Waals surface area contributed by atoms with Gasteiger partial charge in [0, 0.05) is 43.9 Å². The number of nitrogens with one attached hydrogen (secondary N) is 1. The predicted molar refractivity (Wildman–Crippen MR) is 77.6 cm³/mol. The van der Waals surface area contributed by atoms with Gasteiger partial charge in [0.05, 0.1) is 0 Å². The van der Waals surface area contributed by atoms with Crippen LogP contribution in [0.5, 0.6) is 0 Å². The lowest BCUT2D eigenvalue weighted by Crippen LogP contribution is -2.46. The third-order valence-corrected chi connectivity index (χ3v) is 4.19. The Hall–Kier alpha value is -1.07. The minimum absolute atomic E-state index is 0.187. The van der Waals surface area contributed by atoms with E-state index in [9.17, 15) is 13.2 Å². The molecule has 0 saturated carbocycles. The number of nitrogens with zero attached hydrogens (tertiary/aromatic N) is 1. The van der Waals surface area contributed by atoms with Crippen molar-refractivity contribution in [1.29, 1.82) is 0 Å². The van der Waals surface area contributed by atoms with Gasteiger partial charge in [0.25, 0.3) is 0 Å². The van der Waals surface area contributed by atoms with Crippen LogP contribution in [0.4, 0.5) is 13.2 Å². The van der Waals surface area contributed by atoms with Gasteiger partial charge in [0.2, 0.25) is 0 Å². The number of hydrogen-bond acceptors (Lipinski definition) is 2. The molecular formula is C16H23F3N2. The molecule has 0 amide bonds. The maximum absolute atomic E-state index is 14.2. The van der Waals surface area contributed by atoms with Gasteiger partial charge in [-0.1, -0.05) is 20.3 Å². The molecule has 2 nitrogen and oxygen atoms in total. The Morgan fingerprint density at radius 2 is 1.71 bits per heavy atom. The third kappa shape index (κ3) is 3.77. The van der Waals surface area contributed by atoms with E-state index in [-0.39, 0.29) is 17.5 Å². The average Bonchev–Trinajstić information content (AvgIpc) is 2.46. The van der Waals surface area contributed by atoms with E-state index in [4.69, 9.17) is 0 Å². The molecule has 1 aliphatic rings. The summed E-state index contributed by atoms with van der Waals surface area (Å²) in [6, 6.07) is 1.49. The molecule has 118 valence electrons. The maximum atomic E-state index is 14.2. The van der Waals surface area contributed by atoms with Crippen molar-refractivity contribution in [1.82, 2.24) is 10.2 Å². The summed E-state index contributed by atoms with van der Waals surface area (Å²) in [6.07, 6.45) is 1.90. The minimum atomic E-state index is -1.13. The van der Waals surface area contributed by atoms with Crippen LogP contribution in [0, 0.1) is 23.4 Å². The van der Waals surface area contributed by atoms with Crippen LogP contribution in [0.3, 0.4) is 0 Å². The average molecular weight is 300 g/mol. The molecule has 2 atom stereocenters. The molecule has 1 heterocycles. The molecule has 1 unspecified atom stereocenters. The second-order valence-electron chi connectivity index (χ2n) is 5.78. The Balaban J connectivity index is 2.36. The second kappa shape index (κ2) is 7.27. The fourth-order valence-corrected chi connectivity index (χ4v) is 3.20. The molecule has 1 fully saturated rings. The molecule has 0 bridgehead atoms. The van der Waals surface area contributed by atoms with Gasteiger partial charge in [0.1, 0.15) is 5.82 Å². The Morgan fingerprint density at radius 3 is 2.33 bits per heavy atom. The number of rotatable bonds is 5. The third-order valence-electron chi connectivity index (χ3n) is 4.19. The van der Waals surface area contributed by atoms with Crippen molar-refractivity contribution in [3.63, 3.8) is 0 Å². The van der Waals surface area contributed by atoms with Crippen LogP contribution in [-0.4, -0.2) is 31.1 Å². The quantitative estimate of drug-likeness (QED) is 0.838. The molecule has 0 spiro atoms. The lowest BCUT2D eigenvalue weighted by molar-refractivity contribution is 0.122. The van der Waals surface area contributed by atoms with Gasteiger partial charge in [0.15, 0.2) is 11.6 Å². The van der Waals surface area contributed by atoms with Crippen molar-refractivity contribution >= 4 is 0 Å². The van der Waals surface area contributed by atoms with Crippen molar-refractivity contribution in [3.05, 3.63) is 35.1 Å². The Morgan fingerprint density at radius 1 is 1.10 bits per heavy atom. The predicted octanol–water partition coefficient (Wildman–Crippen LogP) is 3.49. The van der Waals surface area contributed by atoms with Crippen molar-refractivity contribution in [2.75, 3.05) is 26.2 Å². The standard InChI is InChI=1S/C16H23F3N2/c1-3-4-11(2)16(21-7-5-20-6-8-21)12-9-14(18)15(19)10-13(12)17/h9-11,16,20H,3-8H2,1-2H3/t11?,16-/m0/s1. The number of halogens is 3. The van der Waals surface area contributed by atoms with Gasteiger partial charge in [-0.25, -0.2) is 13.2 Å². The highest BCUT2D eigenvalue weighted by Crippen LogP contribution is 2.34. The minimum Gasteiger partial charge on any atom is -0.314 e. The van der Waals surface area contributed by atoms with E-state index in [1.165, 1.54) is 0 Å². The van der Waals surface area contributed by atoms with Crippen LogP contribution in [-0.2, 0) is 0 Å². The van der Waals surface area contributed by atoms with Crippen molar-refractivity contribution in [3.8, 4) is 0 Å². The first-order valence-corrected chi connectivity index (χ1v) is 7.63. The molecule has 0 radical (unpaired) electrons. The molecule has 2 rings (SSSR count). The normalized spacial score (nSPS) is 19.5. The van der Waals surface area contributed by atoms with E-state index in [2.05, 4.69) is 24.1 Å². The van der Waals surface area contributed by atoms with E-state index < -0.39 is 17.5 Å². The van der Waals surface area contributed by atoms with E-state index in [1.807, 2.05) is 0 Å². The molecule has 1 N–H and O–H groups in total. The topological polar surface area (TPSA) is 15.3 Å². The van der Waals surface area contributed by atoms with Crippen LogP contribution in [0.15, 0.2) is 12.1 Å². The van der Waals surface area contributed by atoms with Gasteiger partial charge >= 0.3 is 0 Å². The fourth-order valence-electron chi connectivity index (χ4n) is 3.20. The monoisotopic (exact) mass is 300 g/mol. The maximum Gasteiger partial charge on any atom is 0.161 e. The summed E-state index contributed by atoms with van der Waals surface area (Å²) in [6.45, 7) is 7.37. The number of benzene rings is 1. The summed E-state index contributed by atoms with van der Waals surface area (Å²) < 4.78 is 40.9. The zero-order chi connectivity index (χ0) is 15.4. The van der Waals surface area contributed by atoms with Gasteiger partial charge < -0.3 is 5.32 Å². The summed E-state index contributed by atoms with van der Waals surface area (Å²) in [5.41, 5.74) is 0.275. The van der Waals surface area contributed by atoms with Crippen molar-refractivity contribution in [2.24, 2.45) is 5.92 Å². The Kier molecular flexibility index (Phi) is 5.65. The highest BCUT2D eigenvalue weighted by molar-refractivity contribution is 5.24. The summed E-state index contributed by atoms with van der Waals surface area (Å²) in [4.78, 5) is 2.17. The van der Waals surface area contributed by atoms with Crippen LogP contribution in [0.25, 0.3) is 0 Å². The highest BCUT2D eigenvalue weighted by atomic mass is 19.2. The van der Waals surface area contributed by atoms with E-state index in [0.717, 1.165) is 45.1 Å². The molecular weight excluding hydrogens is 277 g/mol. The van der Waals surface area contributed by atoms with Crippen molar-refractivity contribution < 1.29 is 13.2 Å². The lowest BCUT2D eigenvalue weighted by Gasteiger charge is -2.38. The first kappa shape index (κ1) is 16.3. The molecule has 0 aliphatic carbocycles. The van der Waals surface area contributed by atoms with E-state index in [1.54, 1.807) is 0 Å². The molecule has 1 saturated heterocycles. The van der Waals surface area contributed by atoms with Crippen LogP contribution in [0.1, 0.15) is 38.3 Å². The zero-order valence-corrected chi connectivity index (χ0v) is 12.6. The van der Waals surface area contributed by atoms with Gasteiger partial charge in [-0.05, 0) is 18.4 Å². The first-order valence-electron chi connectivity index (χ1n) is 7.63. The molecule has 1 aromatic rings. The summed E-state index contributed by atoms with van der Waals surface area (Å²) in [7, 11) is 0. The van der Waals surface area contributed by atoms with Crippen LogP contribution < -0.4 is 5.32 Å². The van der Waals surface area contributed by atoms with Crippen LogP contribution in [0.2, 0.25) is 0 Å². The molecule has 1 aliphatic heterocycles. The van der Waals surface area contributed by atoms with Crippen molar-refractivity contribution in [2.45, 2.75) is 32.7 Å². The zero-order valence-electron chi connectivity index (χ0n) is 12.6. The second-order valence-corrected chi connectivity index (χ2v) is 5.78. The van der Waals surface area contributed by atoms with Gasteiger partial charge in [-0.3, -0.25) is 4.90 Å². The van der Waals surface area contributed by atoms with E-state index >= 15 is 0 Å². The largest absolute Gasteiger partial charge is 0.314 e. The molecule has 0 aromatic heterocycles. The Bertz CT molecular complexity index is 473. The SMILES string of the molecule is CCCC(C)[C@@H](c1cc(F)c(F)cc1F)N1CCNCC1. The number of piperazine rings is 1. The first-order chi connectivity index (χ1) is 10.0. The van der Waals surface area contributed by atoms with Gasteiger partial charge in [-0.2, -0.15) is 0 Å². The van der Waals surface area contributed by atoms with Gasteiger partial charge in [-0.15, -0.1) is 0 Å². The Labute approximate surface area is 124 Å². The fraction of sp³-hybridized carbons (Fsp3) is 0.625. The molecule has 5 heteroatoms.